The highest BCUT2D eigenvalue weighted by atomic mass is 16.3. The van der Waals surface area contributed by atoms with Crippen molar-refractivity contribution in [3.05, 3.63) is 24.3 Å². The van der Waals surface area contributed by atoms with Crippen LogP contribution in [-0.4, -0.2) is 46.1 Å². The minimum Gasteiger partial charge on any atom is -0.394 e. The minimum absolute atomic E-state index is 0.373. The van der Waals surface area contributed by atoms with Gasteiger partial charge in [0.2, 0.25) is 5.91 Å². The molecule has 0 bridgehead atoms. The Morgan fingerprint density at radius 2 is 0.661 bits per heavy atom. The first-order chi connectivity index (χ1) is 30.6. The Morgan fingerprint density at radius 3 is 0.984 bits per heavy atom. The third-order valence-corrected chi connectivity index (χ3v) is 13.3. The van der Waals surface area contributed by atoms with E-state index in [4.69, 9.17) is 0 Å². The SMILES string of the molecule is CCCCCCCCCCCC/C=C/CC/C=C/C(O)C(CO)NC(=O)C(O)CCCCCCCCCCCCCCCCCCCCCCCCCCCCCCCCCC. The average Bonchev–Trinajstić information content (AvgIpc) is 3.28. The monoisotopic (exact) mass is 874 g/mol. The molecule has 0 rings (SSSR count). The number of carbonyl (C=O) groups excluding carboxylic acids is 1. The number of unbranched alkanes of at least 4 members (excludes halogenated alkanes) is 42. The minimum atomic E-state index is -1.10. The van der Waals surface area contributed by atoms with E-state index in [1.807, 2.05) is 6.08 Å². The van der Waals surface area contributed by atoms with Gasteiger partial charge in [-0.25, -0.2) is 0 Å². The van der Waals surface area contributed by atoms with Crippen LogP contribution in [0.3, 0.4) is 0 Å². The summed E-state index contributed by atoms with van der Waals surface area (Å²) < 4.78 is 0. The van der Waals surface area contributed by atoms with E-state index < -0.39 is 24.2 Å². The van der Waals surface area contributed by atoms with Crippen LogP contribution in [0, 0.1) is 0 Å². The van der Waals surface area contributed by atoms with Crippen LogP contribution in [0.15, 0.2) is 24.3 Å². The lowest BCUT2D eigenvalue weighted by Gasteiger charge is -2.21. The fourth-order valence-corrected chi connectivity index (χ4v) is 8.91. The van der Waals surface area contributed by atoms with Gasteiger partial charge in [-0.3, -0.25) is 4.79 Å². The van der Waals surface area contributed by atoms with Crippen LogP contribution in [-0.2, 0) is 4.79 Å². The third kappa shape index (κ3) is 46.8. The van der Waals surface area contributed by atoms with Crippen LogP contribution in [0.1, 0.15) is 309 Å². The summed E-state index contributed by atoms with van der Waals surface area (Å²) in [4.78, 5) is 12.5. The van der Waals surface area contributed by atoms with Crippen molar-refractivity contribution in [1.82, 2.24) is 5.32 Å². The fourth-order valence-electron chi connectivity index (χ4n) is 8.91. The lowest BCUT2D eigenvalue weighted by atomic mass is 10.0. The summed E-state index contributed by atoms with van der Waals surface area (Å²) in [5.41, 5.74) is 0. The Morgan fingerprint density at radius 1 is 0.387 bits per heavy atom. The van der Waals surface area contributed by atoms with Gasteiger partial charge in [-0.2, -0.15) is 0 Å². The van der Waals surface area contributed by atoms with Crippen LogP contribution in [0.5, 0.6) is 0 Å². The Labute approximate surface area is 388 Å². The van der Waals surface area contributed by atoms with Crippen molar-refractivity contribution in [1.29, 1.82) is 0 Å². The lowest BCUT2D eigenvalue weighted by molar-refractivity contribution is -0.131. The summed E-state index contributed by atoms with van der Waals surface area (Å²) in [5, 5.41) is 33.3. The molecule has 5 nitrogen and oxygen atoms in total. The molecule has 4 N–H and O–H groups in total. The zero-order valence-corrected chi connectivity index (χ0v) is 42.0. The Bertz CT molecular complexity index is 920. The topological polar surface area (TPSA) is 89.8 Å². The van der Waals surface area contributed by atoms with Gasteiger partial charge in [-0.05, 0) is 32.1 Å². The predicted octanol–water partition coefficient (Wildman–Crippen LogP) is 17.3. The van der Waals surface area contributed by atoms with Crippen LogP contribution in [0.2, 0.25) is 0 Å². The molecule has 0 aromatic carbocycles. The third-order valence-electron chi connectivity index (χ3n) is 13.3. The van der Waals surface area contributed by atoms with E-state index in [0.717, 1.165) is 38.5 Å². The number of amides is 1. The normalized spacial score (nSPS) is 13.4. The van der Waals surface area contributed by atoms with Crippen molar-refractivity contribution in [3.8, 4) is 0 Å². The molecular weight excluding hydrogens is 763 g/mol. The Kier molecular flexibility index (Phi) is 51.5. The van der Waals surface area contributed by atoms with E-state index in [-0.39, 0.29) is 6.61 Å². The molecule has 0 heterocycles. The Balaban J connectivity index is 3.51. The molecule has 0 spiro atoms. The summed E-state index contributed by atoms with van der Waals surface area (Å²) in [6.07, 6.45) is 67.0. The summed E-state index contributed by atoms with van der Waals surface area (Å²) in [7, 11) is 0. The van der Waals surface area contributed by atoms with Gasteiger partial charge in [-0.15, -0.1) is 0 Å². The highest BCUT2D eigenvalue weighted by Gasteiger charge is 2.22. The second-order valence-electron chi connectivity index (χ2n) is 19.5. The standard InChI is InChI=1S/C57H111NO4/c1-3-5-7-9-11-13-15-17-19-21-22-23-24-25-26-27-28-29-30-31-32-33-34-35-36-38-40-42-44-46-48-50-52-56(61)57(62)58-54(53-59)55(60)51-49-47-45-43-41-39-37-20-18-16-14-12-10-8-6-4-2/h41,43,49,51,54-56,59-61H,3-40,42,44-48,50,52-53H2,1-2H3,(H,58,62)/b43-41+,51-49+. The maximum Gasteiger partial charge on any atom is 0.249 e. The first-order valence-electron chi connectivity index (χ1n) is 28.2. The molecular formula is C57H111NO4. The molecule has 0 aliphatic heterocycles. The maximum absolute atomic E-state index is 12.5. The fraction of sp³-hybridized carbons (Fsp3) is 0.912. The van der Waals surface area contributed by atoms with Crippen molar-refractivity contribution in [3.63, 3.8) is 0 Å². The number of aliphatic hydroxyl groups excluding tert-OH is 3. The molecule has 1 amide bonds. The quantitative estimate of drug-likeness (QED) is 0.0362. The van der Waals surface area contributed by atoms with E-state index in [9.17, 15) is 20.1 Å². The van der Waals surface area contributed by atoms with Gasteiger partial charge in [0.05, 0.1) is 18.8 Å². The summed E-state index contributed by atoms with van der Waals surface area (Å²) in [5.74, 6) is -0.507. The molecule has 0 aliphatic carbocycles. The number of allylic oxidation sites excluding steroid dienone is 3. The van der Waals surface area contributed by atoms with E-state index >= 15 is 0 Å². The zero-order valence-electron chi connectivity index (χ0n) is 42.0. The lowest BCUT2D eigenvalue weighted by Crippen LogP contribution is -2.48. The molecule has 3 atom stereocenters. The van der Waals surface area contributed by atoms with Crippen LogP contribution in [0.25, 0.3) is 0 Å². The first-order valence-corrected chi connectivity index (χ1v) is 28.2. The highest BCUT2D eigenvalue weighted by Crippen LogP contribution is 2.18. The van der Waals surface area contributed by atoms with Crippen LogP contribution >= 0.6 is 0 Å². The summed E-state index contributed by atoms with van der Waals surface area (Å²) in [6.45, 7) is 4.20. The van der Waals surface area contributed by atoms with E-state index in [1.165, 1.54) is 250 Å². The van der Waals surface area contributed by atoms with Gasteiger partial charge < -0.3 is 20.6 Å². The number of nitrogens with one attached hydrogen (secondary N) is 1. The number of carbonyl (C=O) groups is 1. The molecule has 3 unspecified atom stereocenters. The van der Waals surface area contributed by atoms with Crippen molar-refractivity contribution in [2.75, 3.05) is 6.61 Å². The maximum atomic E-state index is 12.5. The summed E-state index contributed by atoms with van der Waals surface area (Å²) >= 11 is 0. The van der Waals surface area contributed by atoms with Crippen molar-refractivity contribution < 1.29 is 20.1 Å². The van der Waals surface area contributed by atoms with Gasteiger partial charge >= 0.3 is 0 Å². The van der Waals surface area contributed by atoms with Gasteiger partial charge in [0.25, 0.3) is 0 Å². The van der Waals surface area contributed by atoms with E-state index in [2.05, 4.69) is 31.3 Å². The van der Waals surface area contributed by atoms with Crippen molar-refractivity contribution in [2.45, 2.75) is 327 Å². The molecule has 62 heavy (non-hydrogen) atoms. The molecule has 0 aromatic rings. The van der Waals surface area contributed by atoms with Crippen LogP contribution in [0.4, 0.5) is 0 Å². The van der Waals surface area contributed by atoms with Gasteiger partial charge in [-0.1, -0.05) is 301 Å². The highest BCUT2D eigenvalue weighted by molar-refractivity contribution is 5.80. The summed E-state index contributed by atoms with van der Waals surface area (Å²) in [6, 6.07) is -0.812. The van der Waals surface area contributed by atoms with Gasteiger partial charge in [0.15, 0.2) is 0 Å². The van der Waals surface area contributed by atoms with Crippen molar-refractivity contribution in [2.24, 2.45) is 0 Å². The predicted molar refractivity (Wildman–Crippen MR) is 273 cm³/mol. The molecule has 0 aromatic heterocycles. The average molecular weight is 875 g/mol. The smallest absolute Gasteiger partial charge is 0.249 e. The molecule has 0 radical (unpaired) electrons. The molecule has 0 saturated carbocycles. The number of aliphatic hydroxyl groups is 3. The second kappa shape index (κ2) is 52.5. The molecule has 368 valence electrons. The molecule has 0 saturated heterocycles. The number of hydrogen-bond acceptors (Lipinski definition) is 4. The second-order valence-corrected chi connectivity index (χ2v) is 19.5. The largest absolute Gasteiger partial charge is 0.394 e. The zero-order chi connectivity index (χ0) is 45.1. The van der Waals surface area contributed by atoms with E-state index in [0.29, 0.717) is 6.42 Å². The first kappa shape index (κ1) is 60.8. The molecule has 0 fully saturated rings. The molecule has 5 heteroatoms. The number of rotatable bonds is 52. The van der Waals surface area contributed by atoms with Gasteiger partial charge in [0, 0.05) is 0 Å². The van der Waals surface area contributed by atoms with E-state index in [1.54, 1.807) is 6.08 Å². The molecule has 0 aliphatic rings. The Hall–Kier alpha value is -1.17. The number of hydrogen-bond donors (Lipinski definition) is 4. The van der Waals surface area contributed by atoms with Gasteiger partial charge in [0.1, 0.15) is 6.10 Å². The van der Waals surface area contributed by atoms with Crippen molar-refractivity contribution >= 4 is 5.91 Å². The van der Waals surface area contributed by atoms with Crippen LogP contribution < -0.4 is 5.32 Å².